The Hall–Kier alpha value is -1.70. The SMILES string of the molecule is Cc1cccc(NC(C)c2cc(C)oc2C)c1. The predicted octanol–water partition coefficient (Wildman–Crippen LogP) is 4.38. The molecule has 2 rings (SSSR count). The second-order valence-electron chi connectivity index (χ2n) is 4.60. The van der Waals surface area contributed by atoms with E-state index in [0.717, 1.165) is 17.2 Å². The third kappa shape index (κ3) is 2.70. The summed E-state index contributed by atoms with van der Waals surface area (Å²) in [5.74, 6) is 1.96. The fourth-order valence-corrected chi connectivity index (χ4v) is 2.14. The minimum Gasteiger partial charge on any atom is -0.466 e. The second kappa shape index (κ2) is 4.66. The van der Waals surface area contributed by atoms with Gasteiger partial charge in [-0.15, -0.1) is 0 Å². The molecule has 0 saturated carbocycles. The van der Waals surface area contributed by atoms with Crippen LogP contribution in [-0.2, 0) is 0 Å². The van der Waals surface area contributed by atoms with Crippen LogP contribution in [-0.4, -0.2) is 0 Å². The zero-order chi connectivity index (χ0) is 12.4. The quantitative estimate of drug-likeness (QED) is 0.845. The van der Waals surface area contributed by atoms with Crippen LogP contribution in [0, 0.1) is 20.8 Å². The molecule has 0 amide bonds. The summed E-state index contributed by atoms with van der Waals surface area (Å²) in [4.78, 5) is 0. The van der Waals surface area contributed by atoms with E-state index in [0.29, 0.717) is 0 Å². The number of rotatable bonds is 3. The molecule has 0 spiro atoms. The number of benzene rings is 1. The van der Waals surface area contributed by atoms with E-state index in [1.54, 1.807) is 0 Å². The number of anilines is 1. The molecule has 90 valence electrons. The van der Waals surface area contributed by atoms with Gasteiger partial charge in [-0.05, 0) is 51.5 Å². The largest absolute Gasteiger partial charge is 0.466 e. The van der Waals surface area contributed by atoms with Crippen LogP contribution in [0.4, 0.5) is 5.69 Å². The van der Waals surface area contributed by atoms with Crippen molar-refractivity contribution in [2.45, 2.75) is 33.7 Å². The van der Waals surface area contributed by atoms with E-state index in [9.17, 15) is 0 Å². The minimum atomic E-state index is 0.259. The molecule has 1 unspecified atom stereocenters. The highest BCUT2D eigenvalue weighted by Gasteiger charge is 2.12. The van der Waals surface area contributed by atoms with E-state index in [4.69, 9.17) is 4.42 Å². The van der Waals surface area contributed by atoms with Gasteiger partial charge in [0.15, 0.2) is 0 Å². The lowest BCUT2D eigenvalue weighted by molar-refractivity contribution is 0.500. The zero-order valence-electron chi connectivity index (χ0n) is 10.9. The van der Waals surface area contributed by atoms with E-state index in [-0.39, 0.29) is 6.04 Å². The standard InChI is InChI=1S/C15H19NO/c1-10-6-5-7-14(8-10)16-12(3)15-9-11(2)17-13(15)4/h5-9,12,16H,1-4H3. The fraction of sp³-hybridized carbons (Fsp3) is 0.333. The summed E-state index contributed by atoms with van der Waals surface area (Å²) < 4.78 is 5.56. The summed E-state index contributed by atoms with van der Waals surface area (Å²) >= 11 is 0. The number of nitrogens with one attached hydrogen (secondary N) is 1. The van der Waals surface area contributed by atoms with Gasteiger partial charge in [0.25, 0.3) is 0 Å². The Labute approximate surface area is 103 Å². The van der Waals surface area contributed by atoms with E-state index in [2.05, 4.69) is 49.5 Å². The summed E-state index contributed by atoms with van der Waals surface area (Å²) in [5.41, 5.74) is 3.64. The van der Waals surface area contributed by atoms with Crippen LogP contribution < -0.4 is 5.32 Å². The monoisotopic (exact) mass is 229 g/mol. The van der Waals surface area contributed by atoms with Gasteiger partial charge in [0.1, 0.15) is 11.5 Å². The summed E-state index contributed by atoms with van der Waals surface area (Å²) in [6.45, 7) is 8.25. The molecule has 2 aromatic rings. The van der Waals surface area contributed by atoms with Crippen molar-refractivity contribution >= 4 is 5.69 Å². The average molecular weight is 229 g/mol. The summed E-state index contributed by atoms with van der Waals surface area (Å²) in [6.07, 6.45) is 0. The van der Waals surface area contributed by atoms with Gasteiger partial charge in [-0.25, -0.2) is 0 Å². The third-order valence-electron chi connectivity index (χ3n) is 2.95. The molecule has 0 aliphatic carbocycles. The van der Waals surface area contributed by atoms with Crippen LogP contribution >= 0.6 is 0 Å². The number of aryl methyl sites for hydroxylation is 3. The van der Waals surface area contributed by atoms with Crippen molar-refractivity contribution in [3.8, 4) is 0 Å². The van der Waals surface area contributed by atoms with Crippen molar-refractivity contribution < 1.29 is 4.42 Å². The van der Waals surface area contributed by atoms with Crippen LogP contribution in [0.3, 0.4) is 0 Å². The molecule has 0 radical (unpaired) electrons. The molecule has 1 N–H and O–H groups in total. The van der Waals surface area contributed by atoms with Crippen molar-refractivity contribution in [2.75, 3.05) is 5.32 Å². The Balaban J connectivity index is 2.16. The minimum absolute atomic E-state index is 0.259. The van der Waals surface area contributed by atoms with E-state index < -0.39 is 0 Å². The summed E-state index contributed by atoms with van der Waals surface area (Å²) in [5, 5.41) is 3.49. The lowest BCUT2D eigenvalue weighted by Crippen LogP contribution is -2.06. The molecule has 2 nitrogen and oxygen atoms in total. The molecular weight excluding hydrogens is 210 g/mol. The Morgan fingerprint density at radius 1 is 1.12 bits per heavy atom. The van der Waals surface area contributed by atoms with Crippen molar-refractivity contribution in [1.29, 1.82) is 0 Å². The maximum atomic E-state index is 5.56. The van der Waals surface area contributed by atoms with Gasteiger partial charge in [0.2, 0.25) is 0 Å². The highest BCUT2D eigenvalue weighted by atomic mass is 16.3. The molecular formula is C15H19NO. The van der Waals surface area contributed by atoms with Crippen LogP contribution in [0.1, 0.15) is 35.6 Å². The van der Waals surface area contributed by atoms with E-state index in [1.807, 2.05) is 13.8 Å². The van der Waals surface area contributed by atoms with E-state index in [1.165, 1.54) is 11.1 Å². The van der Waals surface area contributed by atoms with Gasteiger partial charge >= 0.3 is 0 Å². The Morgan fingerprint density at radius 2 is 1.88 bits per heavy atom. The van der Waals surface area contributed by atoms with Crippen LogP contribution in [0.15, 0.2) is 34.7 Å². The lowest BCUT2D eigenvalue weighted by atomic mass is 10.1. The molecule has 0 bridgehead atoms. The van der Waals surface area contributed by atoms with Gasteiger partial charge in [0.05, 0.1) is 6.04 Å². The topological polar surface area (TPSA) is 25.2 Å². The molecule has 17 heavy (non-hydrogen) atoms. The lowest BCUT2D eigenvalue weighted by Gasteiger charge is -2.15. The molecule has 0 aliphatic heterocycles. The van der Waals surface area contributed by atoms with Crippen LogP contribution in [0.25, 0.3) is 0 Å². The fourth-order valence-electron chi connectivity index (χ4n) is 2.14. The van der Waals surface area contributed by atoms with Crippen molar-refractivity contribution in [1.82, 2.24) is 0 Å². The highest BCUT2D eigenvalue weighted by molar-refractivity contribution is 5.47. The first kappa shape index (κ1) is 11.8. The maximum absolute atomic E-state index is 5.56. The highest BCUT2D eigenvalue weighted by Crippen LogP contribution is 2.25. The second-order valence-corrected chi connectivity index (χ2v) is 4.60. The van der Waals surface area contributed by atoms with Gasteiger partial charge in [-0.2, -0.15) is 0 Å². The molecule has 1 aromatic carbocycles. The molecule has 1 atom stereocenters. The first-order valence-electron chi connectivity index (χ1n) is 5.96. The van der Waals surface area contributed by atoms with Gasteiger partial charge in [-0.1, -0.05) is 12.1 Å². The molecule has 1 aromatic heterocycles. The van der Waals surface area contributed by atoms with Crippen molar-refractivity contribution in [3.05, 3.63) is 53.0 Å². The summed E-state index contributed by atoms with van der Waals surface area (Å²) in [7, 11) is 0. The molecule has 1 heterocycles. The predicted molar refractivity (Wildman–Crippen MR) is 71.4 cm³/mol. The Bertz CT molecular complexity index is 513. The third-order valence-corrected chi connectivity index (χ3v) is 2.95. The first-order chi connectivity index (χ1) is 8.06. The molecule has 0 aliphatic rings. The van der Waals surface area contributed by atoms with Gasteiger partial charge < -0.3 is 9.73 Å². The normalized spacial score (nSPS) is 12.5. The summed E-state index contributed by atoms with van der Waals surface area (Å²) in [6, 6.07) is 10.8. The zero-order valence-corrected chi connectivity index (χ0v) is 10.9. The first-order valence-corrected chi connectivity index (χ1v) is 5.96. The van der Waals surface area contributed by atoms with Gasteiger partial charge in [-0.3, -0.25) is 0 Å². The number of furan rings is 1. The van der Waals surface area contributed by atoms with Crippen LogP contribution in [0.5, 0.6) is 0 Å². The maximum Gasteiger partial charge on any atom is 0.106 e. The van der Waals surface area contributed by atoms with Gasteiger partial charge in [0, 0.05) is 11.3 Å². The molecule has 0 fully saturated rings. The Kier molecular flexibility index (Phi) is 3.23. The average Bonchev–Trinajstić information content (AvgIpc) is 2.58. The molecule has 2 heteroatoms. The van der Waals surface area contributed by atoms with E-state index >= 15 is 0 Å². The van der Waals surface area contributed by atoms with Crippen molar-refractivity contribution in [3.63, 3.8) is 0 Å². The Morgan fingerprint density at radius 3 is 2.47 bits per heavy atom. The smallest absolute Gasteiger partial charge is 0.106 e. The molecule has 0 saturated heterocycles. The van der Waals surface area contributed by atoms with Crippen LogP contribution in [0.2, 0.25) is 0 Å². The van der Waals surface area contributed by atoms with Crippen molar-refractivity contribution in [2.24, 2.45) is 0 Å². The number of hydrogen-bond acceptors (Lipinski definition) is 2. The number of hydrogen-bond donors (Lipinski definition) is 1.